The van der Waals surface area contributed by atoms with Crippen molar-refractivity contribution in [1.29, 1.82) is 0 Å². The number of carbonyl (C=O) groups is 1. The van der Waals surface area contributed by atoms with Crippen LogP contribution >= 0.6 is 15.9 Å². The number of rotatable bonds is 2. The topological polar surface area (TPSA) is 83.8 Å². The van der Waals surface area contributed by atoms with E-state index in [1.165, 1.54) is 6.20 Å². The molecule has 16 heavy (non-hydrogen) atoms. The van der Waals surface area contributed by atoms with Gasteiger partial charge in [-0.1, -0.05) is 15.9 Å². The molecule has 2 rings (SSSR count). The predicted octanol–water partition coefficient (Wildman–Crippen LogP) is 2.01. The molecule has 0 spiro atoms. The summed E-state index contributed by atoms with van der Waals surface area (Å²) in [5.41, 5.74) is 6.54. The van der Waals surface area contributed by atoms with Gasteiger partial charge < -0.3 is 11.1 Å². The highest BCUT2D eigenvalue weighted by Gasteiger charge is 2.08. The van der Waals surface area contributed by atoms with E-state index in [0.717, 1.165) is 4.47 Å². The molecule has 6 heteroatoms. The van der Waals surface area contributed by atoms with E-state index in [9.17, 15) is 4.79 Å². The molecule has 0 unspecified atom stereocenters. The van der Waals surface area contributed by atoms with Crippen LogP contribution in [0.3, 0.4) is 0 Å². The fourth-order valence-corrected chi connectivity index (χ4v) is 1.45. The van der Waals surface area contributed by atoms with Gasteiger partial charge in [0.2, 0.25) is 0 Å². The van der Waals surface area contributed by atoms with Crippen LogP contribution in [0, 0.1) is 0 Å². The summed E-state index contributed by atoms with van der Waals surface area (Å²) in [4.78, 5) is 11.7. The Hall–Kier alpha value is -1.82. The number of nitrogen functional groups attached to an aromatic ring is 1. The minimum atomic E-state index is -0.233. The summed E-state index contributed by atoms with van der Waals surface area (Å²) in [5, 5.41) is 8.94. The Labute approximate surface area is 100 Å². The number of amides is 1. The van der Waals surface area contributed by atoms with Crippen molar-refractivity contribution in [2.45, 2.75) is 0 Å². The zero-order valence-corrected chi connectivity index (χ0v) is 9.78. The number of aromatic nitrogens is 2. The number of nitrogens with zero attached hydrogens (tertiary/aromatic N) is 1. The zero-order valence-electron chi connectivity index (χ0n) is 8.20. The first kappa shape index (κ1) is 10.7. The Morgan fingerprint density at radius 3 is 2.62 bits per heavy atom. The van der Waals surface area contributed by atoms with Gasteiger partial charge in [-0.05, 0) is 24.3 Å². The monoisotopic (exact) mass is 280 g/mol. The molecule has 0 aliphatic rings. The van der Waals surface area contributed by atoms with Crippen molar-refractivity contribution < 1.29 is 4.79 Å². The normalized spacial score (nSPS) is 10.1. The van der Waals surface area contributed by atoms with E-state index in [1.807, 2.05) is 0 Å². The molecule has 82 valence electrons. The Kier molecular flexibility index (Phi) is 2.91. The molecular weight excluding hydrogens is 272 g/mol. The molecule has 0 aliphatic heterocycles. The second-order valence-corrected chi connectivity index (χ2v) is 4.08. The summed E-state index contributed by atoms with van der Waals surface area (Å²) >= 11 is 3.30. The quantitative estimate of drug-likeness (QED) is 0.787. The van der Waals surface area contributed by atoms with Crippen LogP contribution < -0.4 is 11.1 Å². The van der Waals surface area contributed by atoms with Crippen molar-refractivity contribution in [3.05, 3.63) is 40.5 Å². The number of benzene rings is 1. The van der Waals surface area contributed by atoms with Crippen molar-refractivity contribution in [2.75, 3.05) is 11.1 Å². The zero-order chi connectivity index (χ0) is 11.5. The van der Waals surface area contributed by atoms with Crippen molar-refractivity contribution in [2.24, 2.45) is 0 Å². The number of anilines is 2. The lowest BCUT2D eigenvalue weighted by atomic mass is 10.2. The minimum Gasteiger partial charge on any atom is -0.394 e. The van der Waals surface area contributed by atoms with Crippen LogP contribution in [0.2, 0.25) is 0 Å². The van der Waals surface area contributed by atoms with Gasteiger partial charge >= 0.3 is 0 Å². The minimum absolute atomic E-state index is 0.233. The standard InChI is InChI=1S/C10H9BrN4O/c11-7-3-1-6(2-4-7)10(16)14-9-8(12)5-13-15-9/h1-5H,12H2,(H2,13,14,15,16). The van der Waals surface area contributed by atoms with Gasteiger partial charge in [-0.3, -0.25) is 9.89 Å². The lowest BCUT2D eigenvalue weighted by Gasteiger charge is -2.03. The third-order valence-corrected chi connectivity index (χ3v) is 2.54. The third kappa shape index (κ3) is 2.22. The summed E-state index contributed by atoms with van der Waals surface area (Å²) in [5.74, 6) is 0.177. The Morgan fingerprint density at radius 2 is 2.06 bits per heavy atom. The molecule has 1 aromatic carbocycles. The molecule has 5 nitrogen and oxygen atoms in total. The number of nitrogens with one attached hydrogen (secondary N) is 2. The van der Waals surface area contributed by atoms with E-state index in [0.29, 0.717) is 17.1 Å². The van der Waals surface area contributed by atoms with Crippen LogP contribution in [0.25, 0.3) is 0 Å². The molecule has 0 saturated heterocycles. The van der Waals surface area contributed by atoms with E-state index < -0.39 is 0 Å². The maximum Gasteiger partial charge on any atom is 0.256 e. The largest absolute Gasteiger partial charge is 0.394 e. The van der Waals surface area contributed by atoms with Crippen LogP contribution in [0.4, 0.5) is 11.5 Å². The van der Waals surface area contributed by atoms with Gasteiger partial charge in [0.15, 0.2) is 5.82 Å². The predicted molar refractivity (Wildman–Crippen MR) is 65.1 cm³/mol. The fourth-order valence-electron chi connectivity index (χ4n) is 1.18. The van der Waals surface area contributed by atoms with E-state index in [-0.39, 0.29) is 5.91 Å². The van der Waals surface area contributed by atoms with Crippen molar-refractivity contribution in [3.63, 3.8) is 0 Å². The highest BCUT2D eigenvalue weighted by molar-refractivity contribution is 9.10. The first-order valence-electron chi connectivity index (χ1n) is 4.52. The summed E-state index contributed by atoms with van der Waals surface area (Å²) in [6, 6.07) is 7.02. The first-order chi connectivity index (χ1) is 7.66. The number of H-pyrrole nitrogens is 1. The van der Waals surface area contributed by atoms with Gasteiger partial charge in [-0.15, -0.1) is 0 Å². The third-order valence-electron chi connectivity index (χ3n) is 2.01. The number of carbonyl (C=O) groups excluding carboxylic acids is 1. The number of hydrogen-bond donors (Lipinski definition) is 3. The van der Waals surface area contributed by atoms with E-state index in [2.05, 4.69) is 31.4 Å². The van der Waals surface area contributed by atoms with Gasteiger partial charge in [0, 0.05) is 10.0 Å². The molecule has 1 aromatic heterocycles. The Morgan fingerprint density at radius 1 is 1.38 bits per heavy atom. The van der Waals surface area contributed by atoms with Crippen molar-refractivity contribution >= 4 is 33.3 Å². The summed E-state index contributed by atoms with van der Waals surface area (Å²) < 4.78 is 0.921. The van der Waals surface area contributed by atoms with Crippen LogP contribution in [-0.2, 0) is 0 Å². The molecule has 1 heterocycles. The molecule has 0 fully saturated rings. The Balaban J connectivity index is 2.15. The number of halogens is 1. The van der Waals surface area contributed by atoms with Crippen LogP contribution in [-0.4, -0.2) is 16.1 Å². The van der Waals surface area contributed by atoms with E-state index in [1.54, 1.807) is 24.3 Å². The second kappa shape index (κ2) is 4.36. The highest BCUT2D eigenvalue weighted by atomic mass is 79.9. The molecular formula is C10H9BrN4O. The number of nitrogens with two attached hydrogens (primary N) is 1. The van der Waals surface area contributed by atoms with Gasteiger partial charge in [-0.2, -0.15) is 5.10 Å². The maximum atomic E-state index is 11.7. The number of hydrogen-bond acceptors (Lipinski definition) is 3. The van der Waals surface area contributed by atoms with Gasteiger partial charge in [-0.25, -0.2) is 0 Å². The molecule has 4 N–H and O–H groups in total. The van der Waals surface area contributed by atoms with Gasteiger partial charge in [0.05, 0.1) is 11.9 Å². The van der Waals surface area contributed by atoms with Gasteiger partial charge in [0.1, 0.15) is 0 Å². The lowest BCUT2D eigenvalue weighted by molar-refractivity contribution is 0.102. The first-order valence-corrected chi connectivity index (χ1v) is 5.32. The van der Waals surface area contributed by atoms with Crippen molar-refractivity contribution in [1.82, 2.24) is 10.2 Å². The van der Waals surface area contributed by atoms with Crippen LogP contribution in [0.15, 0.2) is 34.9 Å². The van der Waals surface area contributed by atoms with Gasteiger partial charge in [0.25, 0.3) is 5.91 Å². The average molecular weight is 281 g/mol. The average Bonchev–Trinajstić information content (AvgIpc) is 2.65. The van der Waals surface area contributed by atoms with Crippen LogP contribution in [0.5, 0.6) is 0 Å². The van der Waals surface area contributed by atoms with Crippen LogP contribution in [0.1, 0.15) is 10.4 Å². The fraction of sp³-hybridized carbons (Fsp3) is 0. The maximum absolute atomic E-state index is 11.7. The molecule has 0 atom stereocenters. The molecule has 0 aliphatic carbocycles. The number of aromatic amines is 1. The lowest BCUT2D eigenvalue weighted by Crippen LogP contribution is -2.13. The van der Waals surface area contributed by atoms with Crippen molar-refractivity contribution in [3.8, 4) is 0 Å². The molecule has 1 amide bonds. The SMILES string of the molecule is Nc1cn[nH]c1NC(=O)c1ccc(Br)cc1. The molecule has 2 aromatic rings. The van der Waals surface area contributed by atoms with E-state index in [4.69, 9.17) is 5.73 Å². The Bertz CT molecular complexity index is 506. The molecule has 0 bridgehead atoms. The summed E-state index contributed by atoms with van der Waals surface area (Å²) in [6.45, 7) is 0. The smallest absolute Gasteiger partial charge is 0.256 e. The summed E-state index contributed by atoms with van der Waals surface area (Å²) in [6.07, 6.45) is 1.44. The molecule has 0 radical (unpaired) electrons. The second-order valence-electron chi connectivity index (χ2n) is 3.16. The highest BCUT2D eigenvalue weighted by Crippen LogP contribution is 2.15. The molecule has 0 saturated carbocycles. The summed E-state index contributed by atoms with van der Waals surface area (Å²) in [7, 11) is 0. The van der Waals surface area contributed by atoms with E-state index >= 15 is 0 Å².